The minimum atomic E-state index is -0.700. The Morgan fingerprint density at radius 2 is 1.84 bits per heavy atom. The van der Waals surface area contributed by atoms with E-state index in [1.54, 1.807) is 6.20 Å². The Morgan fingerprint density at radius 1 is 1.06 bits per heavy atom. The zero-order valence-electron chi connectivity index (χ0n) is 16.9. The Labute approximate surface area is 177 Å². The van der Waals surface area contributed by atoms with E-state index in [2.05, 4.69) is 25.6 Å². The van der Waals surface area contributed by atoms with Crippen molar-refractivity contribution in [3.05, 3.63) is 36.0 Å². The molecule has 164 valence electrons. The molecule has 3 aromatic rings. The van der Waals surface area contributed by atoms with Crippen molar-refractivity contribution in [2.75, 3.05) is 23.8 Å². The van der Waals surface area contributed by atoms with Crippen LogP contribution in [0.25, 0.3) is 11.2 Å². The summed E-state index contributed by atoms with van der Waals surface area (Å²) in [5.74, 6) is -0.636. The highest BCUT2D eigenvalue weighted by molar-refractivity contribution is 5.76. The highest BCUT2D eigenvalue weighted by atomic mass is 19.1. The molecule has 31 heavy (non-hydrogen) atoms. The van der Waals surface area contributed by atoms with Gasteiger partial charge < -0.3 is 20.5 Å². The SMILES string of the molecule is OC1CCC(Nc2ncc3nc(Nc4c(F)cccc4F)n([C@H]4CCOC4)c3n2)CC1. The number of ether oxygens (including phenoxy) is 1. The third kappa shape index (κ3) is 4.05. The van der Waals surface area contributed by atoms with Crippen molar-refractivity contribution in [1.29, 1.82) is 0 Å². The molecule has 0 spiro atoms. The van der Waals surface area contributed by atoms with E-state index in [9.17, 15) is 13.9 Å². The number of aliphatic hydroxyl groups excluding tert-OH is 1. The Balaban J connectivity index is 1.50. The lowest BCUT2D eigenvalue weighted by Crippen LogP contribution is -2.29. The fraction of sp³-hybridized carbons (Fsp3) is 0.476. The Bertz CT molecular complexity index is 1060. The maximum Gasteiger partial charge on any atom is 0.224 e. The number of halogens is 2. The molecule has 0 bridgehead atoms. The van der Waals surface area contributed by atoms with Crippen molar-refractivity contribution in [2.45, 2.75) is 50.3 Å². The molecule has 1 aliphatic carbocycles. The van der Waals surface area contributed by atoms with Crippen LogP contribution in [-0.4, -0.2) is 50.0 Å². The molecule has 5 rings (SSSR count). The first-order valence-corrected chi connectivity index (χ1v) is 10.6. The number of nitrogens with zero attached hydrogens (tertiary/aromatic N) is 4. The van der Waals surface area contributed by atoms with Crippen molar-refractivity contribution in [3.8, 4) is 0 Å². The summed E-state index contributed by atoms with van der Waals surface area (Å²) in [7, 11) is 0. The number of para-hydroxylation sites is 1. The zero-order valence-corrected chi connectivity index (χ0v) is 16.9. The van der Waals surface area contributed by atoms with Crippen LogP contribution >= 0.6 is 0 Å². The summed E-state index contributed by atoms with van der Waals surface area (Å²) in [6.45, 7) is 1.06. The second-order valence-corrected chi connectivity index (χ2v) is 8.10. The van der Waals surface area contributed by atoms with Crippen LogP contribution in [0, 0.1) is 11.6 Å². The molecular weight excluding hydrogens is 406 g/mol. The van der Waals surface area contributed by atoms with E-state index in [1.807, 2.05) is 4.57 Å². The number of rotatable bonds is 5. The van der Waals surface area contributed by atoms with E-state index < -0.39 is 11.6 Å². The Morgan fingerprint density at radius 3 is 2.55 bits per heavy atom. The monoisotopic (exact) mass is 430 g/mol. The van der Waals surface area contributed by atoms with Gasteiger partial charge in [-0.2, -0.15) is 4.98 Å². The van der Waals surface area contributed by atoms with E-state index >= 15 is 0 Å². The van der Waals surface area contributed by atoms with E-state index in [-0.39, 0.29) is 23.9 Å². The smallest absolute Gasteiger partial charge is 0.224 e. The number of aliphatic hydroxyl groups is 1. The van der Waals surface area contributed by atoms with Crippen LogP contribution in [0.1, 0.15) is 38.1 Å². The minimum Gasteiger partial charge on any atom is -0.393 e. The molecule has 3 heterocycles. The molecule has 2 aromatic heterocycles. The highest BCUT2D eigenvalue weighted by Gasteiger charge is 2.26. The molecule has 1 atom stereocenters. The van der Waals surface area contributed by atoms with Crippen molar-refractivity contribution in [3.63, 3.8) is 0 Å². The number of aromatic nitrogens is 4. The summed E-state index contributed by atoms with van der Waals surface area (Å²) in [5.41, 5.74) is 0.837. The fourth-order valence-corrected chi connectivity index (χ4v) is 4.25. The lowest BCUT2D eigenvalue weighted by atomic mass is 9.93. The van der Waals surface area contributed by atoms with Crippen LogP contribution in [0.2, 0.25) is 0 Å². The largest absolute Gasteiger partial charge is 0.393 e. The molecule has 1 saturated carbocycles. The average molecular weight is 430 g/mol. The van der Waals surface area contributed by atoms with Crippen LogP contribution < -0.4 is 10.6 Å². The molecule has 1 aromatic carbocycles. The molecule has 0 amide bonds. The van der Waals surface area contributed by atoms with Crippen molar-refractivity contribution >= 4 is 28.7 Å². The molecule has 8 nitrogen and oxygen atoms in total. The Kier molecular flexibility index (Phi) is 5.41. The molecule has 3 N–H and O–H groups in total. The molecule has 1 aliphatic heterocycles. The van der Waals surface area contributed by atoms with Gasteiger partial charge in [0.1, 0.15) is 22.8 Å². The lowest BCUT2D eigenvalue weighted by Gasteiger charge is -2.26. The molecule has 2 fully saturated rings. The average Bonchev–Trinajstić information content (AvgIpc) is 3.39. The van der Waals surface area contributed by atoms with Crippen LogP contribution in [0.3, 0.4) is 0 Å². The van der Waals surface area contributed by atoms with Gasteiger partial charge in [-0.3, -0.25) is 4.57 Å². The molecule has 0 radical (unpaired) electrons. The predicted octanol–water partition coefficient (Wildman–Crippen LogP) is 3.52. The molecule has 2 aliphatic rings. The van der Waals surface area contributed by atoms with Crippen molar-refractivity contribution in [1.82, 2.24) is 19.5 Å². The molecule has 10 heteroatoms. The maximum atomic E-state index is 14.2. The van der Waals surface area contributed by atoms with E-state index in [0.717, 1.165) is 32.1 Å². The Hall–Kier alpha value is -2.85. The lowest BCUT2D eigenvalue weighted by molar-refractivity contribution is 0.126. The maximum absolute atomic E-state index is 14.2. The number of imidazole rings is 1. The van der Waals surface area contributed by atoms with Crippen molar-refractivity contribution < 1.29 is 18.6 Å². The van der Waals surface area contributed by atoms with Gasteiger partial charge in [-0.05, 0) is 44.2 Å². The quantitative estimate of drug-likeness (QED) is 0.570. The van der Waals surface area contributed by atoms with Crippen LogP contribution in [0.5, 0.6) is 0 Å². The van der Waals surface area contributed by atoms with Gasteiger partial charge in [0.05, 0.1) is 24.9 Å². The second kappa shape index (κ2) is 8.35. The van der Waals surface area contributed by atoms with Crippen molar-refractivity contribution in [2.24, 2.45) is 0 Å². The van der Waals surface area contributed by atoms with Gasteiger partial charge in [-0.15, -0.1) is 0 Å². The third-order valence-corrected chi connectivity index (χ3v) is 5.93. The number of fused-ring (bicyclic) bond motifs is 1. The fourth-order valence-electron chi connectivity index (χ4n) is 4.25. The molecular formula is C21H24F2N6O2. The van der Waals surface area contributed by atoms with E-state index in [4.69, 9.17) is 4.74 Å². The number of nitrogens with one attached hydrogen (secondary N) is 2. The van der Waals surface area contributed by atoms with Gasteiger partial charge in [0.2, 0.25) is 11.9 Å². The number of anilines is 3. The summed E-state index contributed by atoms with van der Waals surface area (Å²) in [6.07, 6.45) is 5.30. The second-order valence-electron chi connectivity index (χ2n) is 8.10. The summed E-state index contributed by atoms with van der Waals surface area (Å²) in [6, 6.07) is 3.84. The van der Waals surface area contributed by atoms with Crippen LogP contribution in [-0.2, 0) is 4.74 Å². The van der Waals surface area contributed by atoms with Gasteiger partial charge in [0.15, 0.2) is 5.65 Å². The van der Waals surface area contributed by atoms with E-state index in [1.165, 1.54) is 18.2 Å². The number of hydrogen-bond acceptors (Lipinski definition) is 7. The van der Waals surface area contributed by atoms with E-state index in [0.29, 0.717) is 36.3 Å². The number of hydrogen-bond donors (Lipinski definition) is 3. The summed E-state index contributed by atoms with van der Waals surface area (Å²) >= 11 is 0. The molecule has 0 unspecified atom stereocenters. The van der Waals surface area contributed by atoms with Gasteiger partial charge >= 0.3 is 0 Å². The number of benzene rings is 1. The van der Waals surface area contributed by atoms with Gasteiger partial charge in [-0.1, -0.05) is 6.07 Å². The summed E-state index contributed by atoms with van der Waals surface area (Å²) < 4.78 is 35.8. The highest BCUT2D eigenvalue weighted by Crippen LogP contribution is 2.32. The zero-order chi connectivity index (χ0) is 21.4. The summed E-state index contributed by atoms with van der Waals surface area (Å²) in [5, 5.41) is 15.9. The van der Waals surface area contributed by atoms with Crippen LogP contribution in [0.15, 0.2) is 24.4 Å². The first-order chi connectivity index (χ1) is 15.1. The minimum absolute atomic E-state index is 0.0603. The van der Waals surface area contributed by atoms with Gasteiger partial charge in [0.25, 0.3) is 0 Å². The van der Waals surface area contributed by atoms with Crippen LogP contribution in [0.4, 0.5) is 26.4 Å². The van der Waals surface area contributed by atoms with Gasteiger partial charge in [-0.25, -0.2) is 18.7 Å². The predicted molar refractivity (Wildman–Crippen MR) is 111 cm³/mol. The third-order valence-electron chi connectivity index (χ3n) is 5.93. The first-order valence-electron chi connectivity index (χ1n) is 10.6. The summed E-state index contributed by atoms with van der Waals surface area (Å²) in [4.78, 5) is 13.6. The molecule has 1 saturated heterocycles. The first kappa shape index (κ1) is 20.1. The standard InChI is InChI=1S/C21H24F2N6O2/c22-15-2-1-3-16(23)18(15)27-21-26-17-10-24-20(25-12-4-6-14(30)7-5-12)28-19(17)29(21)13-8-9-31-11-13/h1-3,10,12-14,30H,4-9,11H2,(H,26,27)(H,24,25,28)/t12?,13-,14?/m0/s1. The normalized spacial score (nSPS) is 23.9. The van der Waals surface area contributed by atoms with Gasteiger partial charge in [0, 0.05) is 12.6 Å². The topological polar surface area (TPSA) is 97.1 Å².